The Kier molecular flexibility index (Phi) is 12.9. The molecular formula is C40H53N5O7S. The van der Waals surface area contributed by atoms with Crippen molar-refractivity contribution < 1.29 is 32.4 Å². The Morgan fingerprint density at radius 1 is 1.04 bits per heavy atom. The van der Waals surface area contributed by atoms with Gasteiger partial charge in [-0.1, -0.05) is 72.1 Å². The van der Waals surface area contributed by atoms with Crippen LogP contribution in [-0.2, 0) is 34.8 Å². The number of Topliss-reactive ketones (excluding diaryl/α,β-unsaturated/α-hetero) is 1. The summed E-state index contributed by atoms with van der Waals surface area (Å²) in [5.41, 5.74) is -1.62. The van der Waals surface area contributed by atoms with Crippen LogP contribution in [0.4, 0.5) is 4.79 Å². The van der Waals surface area contributed by atoms with Gasteiger partial charge < -0.3 is 26.2 Å². The molecule has 3 aliphatic rings. The zero-order valence-electron chi connectivity index (χ0n) is 31.5. The van der Waals surface area contributed by atoms with Crippen molar-refractivity contribution >= 4 is 39.4 Å². The molecule has 1 saturated heterocycles. The van der Waals surface area contributed by atoms with E-state index < -0.39 is 68.5 Å². The average molecular weight is 748 g/mol. The van der Waals surface area contributed by atoms with Crippen molar-refractivity contribution in [3.63, 3.8) is 0 Å². The minimum atomic E-state index is -3.67. The van der Waals surface area contributed by atoms with Crippen LogP contribution in [0.1, 0.15) is 91.5 Å². The van der Waals surface area contributed by atoms with E-state index in [1.807, 2.05) is 13.8 Å². The predicted octanol–water partition coefficient (Wildman–Crippen LogP) is 2.71. The van der Waals surface area contributed by atoms with E-state index in [-0.39, 0.29) is 61.1 Å². The molecule has 5 amide bonds. The van der Waals surface area contributed by atoms with Crippen LogP contribution in [0.5, 0.6) is 0 Å². The molecule has 286 valence electrons. The van der Waals surface area contributed by atoms with E-state index in [4.69, 9.17) is 12.8 Å². The first-order valence-corrected chi connectivity index (χ1v) is 20.1. The molecule has 53 heavy (non-hydrogen) atoms. The van der Waals surface area contributed by atoms with Gasteiger partial charge in [0.15, 0.2) is 9.84 Å². The molecule has 12 nitrogen and oxygen atoms in total. The van der Waals surface area contributed by atoms with Crippen molar-refractivity contribution in [1.29, 1.82) is 0 Å². The highest BCUT2D eigenvalue weighted by molar-refractivity contribution is 7.90. The lowest BCUT2D eigenvalue weighted by Gasteiger charge is -2.40. The number of urea groups is 1. The minimum absolute atomic E-state index is 0.00117. The van der Waals surface area contributed by atoms with Gasteiger partial charge in [0.2, 0.25) is 17.6 Å². The van der Waals surface area contributed by atoms with Crippen LogP contribution >= 0.6 is 0 Å². The molecule has 1 aliphatic heterocycles. The number of nitrogens with zero attached hydrogens (tertiary/aromatic N) is 1. The summed E-state index contributed by atoms with van der Waals surface area (Å²) >= 11 is 0. The second-order valence-corrected chi connectivity index (χ2v) is 18.4. The van der Waals surface area contributed by atoms with Crippen molar-refractivity contribution in [3.8, 4) is 24.7 Å². The van der Waals surface area contributed by atoms with Crippen molar-refractivity contribution in [2.45, 2.75) is 115 Å². The molecule has 4 N–H and O–H groups in total. The minimum Gasteiger partial charge on any atom is -0.348 e. The lowest BCUT2D eigenvalue weighted by atomic mass is 9.83. The van der Waals surface area contributed by atoms with Gasteiger partial charge in [-0.25, -0.2) is 13.2 Å². The number of piperidine rings is 1. The maximum atomic E-state index is 14.5. The van der Waals surface area contributed by atoms with E-state index >= 15 is 0 Å². The van der Waals surface area contributed by atoms with Crippen LogP contribution in [0.2, 0.25) is 0 Å². The van der Waals surface area contributed by atoms with E-state index in [0.717, 1.165) is 19.3 Å². The molecule has 3 unspecified atom stereocenters. The van der Waals surface area contributed by atoms with Crippen molar-refractivity contribution in [1.82, 2.24) is 26.2 Å². The number of carbonyl (C=O) groups is 5. The van der Waals surface area contributed by atoms with Gasteiger partial charge in [0, 0.05) is 31.5 Å². The zero-order chi connectivity index (χ0) is 39.2. The van der Waals surface area contributed by atoms with Crippen LogP contribution in [0, 0.1) is 59.5 Å². The smallest absolute Gasteiger partial charge is 0.315 e. The second-order valence-electron chi connectivity index (χ2n) is 16.4. The van der Waals surface area contributed by atoms with Gasteiger partial charge in [0.25, 0.3) is 5.91 Å². The molecule has 2 saturated carbocycles. The number of terminal acetylenes is 2. The highest BCUT2D eigenvalue weighted by atomic mass is 32.2. The molecular weight excluding hydrogens is 695 g/mol. The average Bonchev–Trinajstić information content (AvgIpc) is 3.38. The Morgan fingerprint density at radius 2 is 1.72 bits per heavy atom. The number of ketones is 1. The molecule has 1 heterocycles. The van der Waals surface area contributed by atoms with E-state index in [9.17, 15) is 32.4 Å². The number of nitrogens with one attached hydrogen (secondary N) is 4. The fraction of sp³-hybridized carbons (Fsp3) is 0.625. The number of hydrogen-bond donors (Lipinski definition) is 4. The first-order chi connectivity index (χ1) is 24.9. The molecule has 0 bridgehead atoms. The van der Waals surface area contributed by atoms with Gasteiger partial charge >= 0.3 is 6.03 Å². The summed E-state index contributed by atoms with van der Waals surface area (Å²) in [6.07, 6.45) is 14.4. The summed E-state index contributed by atoms with van der Waals surface area (Å²) in [4.78, 5) is 69.6. The van der Waals surface area contributed by atoms with Gasteiger partial charge in [-0.2, -0.15) is 0 Å². The summed E-state index contributed by atoms with van der Waals surface area (Å²) in [5.74, 6) is 1.29. The Labute approximate surface area is 314 Å². The van der Waals surface area contributed by atoms with Crippen LogP contribution in [0.25, 0.3) is 0 Å². The predicted molar refractivity (Wildman–Crippen MR) is 200 cm³/mol. The van der Waals surface area contributed by atoms with Gasteiger partial charge in [0.1, 0.15) is 12.1 Å². The van der Waals surface area contributed by atoms with Crippen LogP contribution in [0.3, 0.4) is 0 Å². The quantitative estimate of drug-likeness (QED) is 0.122. The maximum Gasteiger partial charge on any atom is 0.315 e. The molecule has 2 aliphatic carbocycles. The number of hydrogen-bond acceptors (Lipinski definition) is 7. The Balaban J connectivity index is 1.53. The van der Waals surface area contributed by atoms with Crippen LogP contribution < -0.4 is 21.3 Å². The topological polar surface area (TPSA) is 171 Å². The molecule has 5 atom stereocenters. The Morgan fingerprint density at radius 3 is 2.32 bits per heavy atom. The Bertz CT molecular complexity index is 1730. The van der Waals surface area contributed by atoms with Crippen LogP contribution in [0.15, 0.2) is 18.2 Å². The van der Waals surface area contributed by atoms with Gasteiger partial charge in [-0.05, 0) is 54.1 Å². The molecule has 13 heteroatoms. The van der Waals surface area contributed by atoms with E-state index in [1.165, 1.54) is 4.90 Å². The summed E-state index contributed by atoms with van der Waals surface area (Å²) < 4.78 is 26.8. The lowest BCUT2D eigenvalue weighted by Crippen LogP contribution is -2.64. The molecule has 4 rings (SSSR count). The number of likely N-dealkylation sites (tertiary alicyclic amines) is 1. The third-order valence-electron chi connectivity index (χ3n) is 10.9. The third kappa shape index (κ3) is 10.1. The molecule has 1 aromatic carbocycles. The zero-order valence-corrected chi connectivity index (χ0v) is 32.3. The fourth-order valence-corrected chi connectivity index (χ4v) is 9.95. The van der Waals surface area contributed by atoms with Gasteiger partial charge in [0.05, 0.1) is 23.1 Å². The summed E-state index contributed by atoms with van der Waals surface area (Å²) in [6, 6.07) is 6.68. The standard InChI is InChI=1S/C40H53N5O7S/c1-8-10-20-29(32(46)35(48)41-23-11-9-2)42-34(47)31-30-28(39(30,6)7)24-45(31)36(49)33(38(3,4)5)43-37(50)44-40(21-16-13-17-22-40)26-53(51,52)25-27-18-14-12-15-19-27/h1-2,12,14,18,28-31,33H,10-11,13,16-17,20-26H2,3-7H3,(H,41,48)(H,42,47)(H2,43,44,50)/t28?,29?,30?,31-,33+/m0/s1. The first kappa shape index (κ1) is 41.2. The fourth-order valence-electron chi connectivity index (χ4n) is 8.00. The highest BCUT2D eigenvalue weighted by Gasteiger charge is 2.70. The molecule has 1 aromatic rings. The van der Waals surface area contributed by atoms with E-state index in [2.05, 4.69) is 45.2 Å². The first-order valence-electron chi connectivity index (χ1n) is 18.3. The number of amides is 5. The van der Waals surface area contributed by atoms with Crippen molar-refractivity contribution in [2.24, 2.45) is 22.7 Å². The Hall–Kier alpha value is -4.54. The van der Waals surface area contributed by atoms with E-state index in [1.54, 1.807) is 39.0 Å². The number of carbonyl (C=O) groups excluding carboxylic acids is 5. The maximum absolute atomic E-state index is 14.5. The van der Waals surface area contributed by atoms with Crippen molar-refractivity contribution in [2.75, 3.05) is 18.8 Å². The molecule has 3 fully saturated rings. The molecule has 0 aromatic heterocycles. The monoisotopic (exact) mass is 747 g/mol. The van der Waals surface area contributed by atoms with Crippen molar-refractivity contribution in [3.05, 3.63) is 35.9 Å². The summed E-state index contributed by atoms with van der Waals surface area (Å²) in [6.45, 7) is 9.78. The molecule has 0 radical (unpaired) electrons. The summed E-state index contributed by atoms with van der Waals surface area (Å²) in [7, 11) is -3.67. The van der Waals surface area contributed by atoms with Gasteiger partial charge in [-0.15, -0.1) is 24.7 Å². The second kappa shape index (κ2) is 16.6. The normalized spacial score (nSPS) is 22.3. The number of rotatable bonds is 15. The van der Waals surface area contributed by atoms with Crippen LogP contribution in [-0.4, -0.2) is 85.4 Å². The van der Waals surface area contributed by atoms with Gasteiger partial charge in [-0.3, -0.25) is 19.2 Å². The van der Waals surface area contributed by atoms with E-state index in [0.29, 0.717) is 18.4 Å². The lowest BCUT2D eigenvalue weighted by molar-refractivity contribution is -0.145. The number of fused-ring (bicyclic) bond motifs is 1. The highest BCUT2D eigenvalue weighted by Crippen LogP contribution is 2.65. The summed E-state index contributed by atoms with van der Waals surface area (Å²) in [5, 5.41) is 11.0. The SMILES string of the molecule is C#CCCNC(=O)C(=O)C(CCC#C)NC(=O)[C@@H]1C2C(CN1C(=O)[C@@H](NC(=O)NC1(CS(=O)(=O)Cc3c#cccc3)CCCCC1)C(C)(C)C)C2(C)C. The molecule has 0 spiro atoms. The number of sulfone groups is 1. The third-order valence-corrected chi connectivity index (χ3v) is 12.7. The largest absolute Gasteiger partial charge is 0.348 e.